The Balaban J connectivity index is 1.99. The zero-order valence-corrected chi connectivity index (χ0v) is 25.6. The van der Waals surface area contributed by atoms with Gasteiger partial charge in [0.1, 0.15) is 24.3 Å². The lowest BCUT2D eigenvalue weighted by Crippen LogP contribution is -2.60. The van der Waals surface area contributed by atoms with Gasteiger partial charge in [0.2, 0.25) is 5.78 Å². The zero-order valence-electron chi connectivity index (χ0n) is 25.6. The van der Waals surface area contributed by atoms with E-state index in [0.29, 0.717) is 29.8 Å². The Labute approximate surface area is 253 Å². The number of nitrogens with one attached hydrogen (secondary N) is 2. The first kappa shape index (κ1) is 33.5. The highest BCUT2D eigenvalue weighted by Gasteiger charge is 2.44. The van der Waals surface area contributed by atoms with Gasteiger partial charge in [0.05, 0.1) is 6.04 Å². The fraction of sp³-hybridized carbons (Fsp3) is 0.485. The second-order valence-electron chi connectivity index (χ2n) is 12.2. The van der Waals surface area contributed by atoms with Crippen LogP contribution in [0, 0.1) is 5.92 Å². The van der Waals surface area contributed by atoms with Crippen LogP contribution in [0.4, 0.5) is 4.79 Å². The van der Waals surface area contributed by atoms with Gasteiger partial charge in [-0.05, 0) is 63.6 Å². The topological polar surface area (TPSA) is 131 Å². The third-order valence-corrected chi connectivity index (χ3v) is 6.81. The number of rotatable bonds is 12. The number of ether oxygens (including phenoxy) is 2. The first-order valence-electron chi connectivity index (χ1n) is 14.7. The SMILES string of the molecule is CC(C)C[C@H](C(=O)OC(C)(C)C)N(C(=O)C(=O)C1CCCN1)C(=O)C(Cc1ccccc1)NC(=O)OCc1ccccc1. The lowest BCUT2D eigenvalue weighted by molar-refractivity contribution is -0.171. The van der Waals surface area contributed by atoms with E-state index in [2.05, 4.69) is 10.6 Å². The number of esters is 1. The molecule has 43 heavy (non-hydrogen) atoms. The molecule has 0 bridgehead atoms. The van der Waals surface area contributed by atoms with Crippen molar-refractivity contribution in [2.75, 3.05) is 6.54 Å². The average molecular weight is 594 g/mol. The lowest BCUT2D eigenvalue weighted by Gasteiger charge is -2.34. The summed E-state index contributed by atoms with van der Waals surface area (Å²) in [4.78, 5) is 68.9. The molecule has 3 rings (SSSR count). The summed E-state index contributed by atoms with van der Waals surface area (Å²) < 4.78 is 11.0. The van der Waals surface area contributed by atoms with Crippen molar-refractivity contribution in [2.24, 2.45) is 5.92 Å². The summed E-state index contributed by atoms with van der Waals surface area (Å²) in [5, 5.41) is 5.59. The molecule has 232 valence electrons. The van der Waals surface area contributed by atoms with Gasteiger partial charge in [-0.3, -0.25) is 19.3 Å². The monoisotopic (exact) mass is 593 g/mol. The van der Waals surface area contributed by atoms with E-state index < -0.39 is 53.4 Å². The molecule has 0 saturated carbocycles. The van der Waals surface area contributed by atoms with Crippen LogP contribution in [0.2, 0.25) is 0 Å². The van der Waals surface area contributed by atoms with Gasteiger partial charge < -0.3 is 20.1 Å². The van der Waals surface area contributed by atoms with Crippen molar-refractivity contribution < 1.29 is 33.4 Å². The van der Waals surface area contributed by atoms with Crippen molar-refractivity contribution in [3.8, 4) is 0 Å². The number of carbonyl (C=O) groups is 5. The molecule has 10 heteroatoms. The van der Waals surface area contributed by atoms with E-state index in [0.717, 1.165) is 5.56 Å². The van der Waals surface area contributed by atoms with Crippen LogP contribution in [0.25, 0.3) is 0 Å². The highest BCUT2D eigenvalue weighted by molar-refractivity contribution is 6.41. The van der Waals surface area contributed by atoms with E-state index in [9.17, 15) is 24.0 Å². The Kier molecular flexibility index (Phi) is 12.0. The maximum absolute atomic E-state index is 14.4. The summed E-state index contributed by atoms with van der Waals surface area (Å²) in [6.45, 7) is 9.24. The first-order chi connectivity index (χ1) is 20.4. The molecular formula is C33H43N3O7. The van der Waals surface area contributed by atoms with Gasteiger partial charge in [-0.1, -0.05) is 74.5 Å². The van der Waals surface area contributed by atoms with Gasteiger partial charge in [0.25, 0.3) is 11.8 Å². The molecule has 3 atom stereocenters. The van der Waals surface area contributed by atoms with Crippen molar-refractivity contribution >= 4 is 29.7 Å². The molecule has 0 aromatic heterocycles. The molecule has 10 nitrogen and oxygen atoms in total. The van der Waals surface area contributed by atoms with Crippen LogP contribution in [0.1, 0.15) is 65.0 Å². The molecule has 0 spiro atoms. The highest BCUT2D eigenvalue weighted by atomic mass is 16.6. The van der Waals surface area contributed by atoms with Crippen LogP contribution in [0.5, 0.6) is 0 Å². The second kappa shape index (κ2) is 15.4. The Morgan fingerprint density at radius 3 is 2.09 bits per heavy atom. The maximum Gasteiger partial charge on any atom is 0.408 e. The molecule has 2 N–H and O–H groups in total. The third-order valence-electron chi connectivity index (χ3n) is 6.81. The maximum atomic E-state index is 14.4. The van der Waals surface area contributed by atoms with Crippen LogP contribution in [-0.4, -0.2) is 64.8 Å². The standard InChI is InChI=1S/C33H43N3O7/c1-22(2)19-27(31(40)43-33(3,4)5)36(30(39)28(37)25-17-12-18-34-25)29(38)26(20-23-13-8-6-9-14-23)35-32(41)42-21-24-15-10-7-11-16-24/h6-11,13-16,22,25-27,34H,12,17-21H2,1-5H3,(H,35,41)/t25?,26?,27-/m1/s1. The molecule has 0 aliphatic carbocycles. The van der Waals surface area contributed by atoms with Gasteiger partial charge in [-0.25, -0.2) is 9.59 Å². The van der Waals surface area contributed by atoms with Gasteiger partial charge in [-0.15, -0.1) is 0 Å². The Morgan fingerprint density at radius 2 is 1.56 bits per heavy atom. The Hall–Kier alpha value is -4.05. The summed E-state index contributed by atoms with van der Waals surface area (Å²) in [5.41, 5.74) is 0.527. The van der Waals surface area contributed by atoms with Crippen LogP contribution in [-0.2, 0) is 41.7 Å². The zero-order chi connectivity index (χ0) is 31.6. The summed E-state index contributed by atoms with van der Waals surface area (Å²) in [6.07, 6.45) is 0.305. The van der Waals surface area contributed by atoms with Crippen molar-refractivity contribution in [1.82, 2.24) is 15.5 Å². The number of imide groups is 1. The third kappa shape index (κ3) is 10.3. The molecule has 2 aromatic rings. The minimum absolute atomic E-state index is 0.0114. The van der Waals surface area contributed by atoms with E-state index in [-0.39, 0.29) is 25.4 Å². The summed E-state index contributed by atoms with van der Waals surface area (Å²) in [5.74, 6) is -3.77. The number of carbonyl (C=O) groups excluding carboxylic acids is 5. The Bertz CT molecular complexity index is 1250. The predicted molar refractivity (Wildman–Crippen MR) is 161 cm³/mol. The van der Waals surface area contributed by atoms with Crippen LogP contribution >= 0.6 is 0 Å². The molecule has 1 heterocycles. The van der Waals surface area contributed by atoms with E-state index in [1.54, 1.807) is 57.2 Å². The molecule has 0 radical (unpaired) electrons. The number of Topliss-reactive ketones (excluding diaryl/α,β-unsaturated/α-hetero) is 1. The first-order valence-corrected chi connectivity index (χ1v) is 14.7. The minimum Gasteiger partial charge on any atom is -0.458 e. The van der Waals surface area contributed by atoms with E-state index in [1.807, 2.05) is 38.1 Å². The molecule has 1 aliphatic heterocycles. The van der Waals surface area contributed by atoms with E-state index in [4.69, 9.17) is 9.47 Å². The van der Waals surface area contributed by atoms with Crippen molar-refractivity contribution in [2.45, 2.75) is 90.6 Å². The highest BCUT2D eigenvalue weighted by Crippen LogP contribution is 2.21. The van der Waals surface area contributed by atoms with Gasteiger partial charge in [0, 0.05) is 6.42 Å². The number of alkyl carbamates (subject to hydrolysis) is 1. The number of benzene rings is 2. The molecule has 3 amide bonds. The molecule has 1 aliphatic rings. The van der Waals surface area contributed by atoms with E-state index in [1.165, 1.54) is 0 Å². The van der Waals surface area contributed by atoms with Crippen molar-refractivity contribution in [1.29, 1.82) is 0 Å². The fourth-order valence-corrected chi connectivity index (χ4v) is 4.82. The largest absolute Gasteiger partial charge is 0.458 e. The van der Waals surface area contributed by atoms with E-state index >= 15 is 0 Å². The molecule has 2 unspecified atom stereocenters. The molecule has 1 saturated heterocycles. The summed E-state index contributed by atoms with van der Waals surface area (Å²) >= 11 is 0. The number of hydrogen-bond donors (Lipinski definition) is 2. The van der Waals surface area contributed by atoms with Crippen molar-refractivity contribution in [3.05, 3.63) is 71.8 Å². The summed E-state index contributed by atoms with van der Waals surface area (Å²) in [7, 11) is 0. The van der Waals surface area contributed by atoms with Crippen LogP contribution in [0.3, 0.4) is 0 Å². The fourth-order valence-electron chi connectivity index (χ4n) is 4.82. The predicted octanol–water partition coefficient (Wildman–Crippen LogP) is 3.96. The number of amides is 3. The molecular weight excluding hydrogens is 550 g/mol. The number of nitrogens with zero attached hydrogens (tertiary/aromatic N) is 1. The smallest absolute Gasteiger partial charge is 0.408 e. The van der Waals surface area contributed by atoms with Crippen LogP contribution in [0.15, 0.2) is 60.7 Å². The summed E-state index contributed by atoms with van der Waals surface area (Å²) in [6, 6.07) is 14.5. The van der Waals surface area contributed by atoms with Gasteiger partial charge in [0.15, 0.2) is 0 Å². The Morgan fingerprint density at radius 1 is 0.953 bits per heavy atom. The van der Waals surface area contributed by atoms with Crippen molar-refractivity contribution in [3.63, 3.8) is 0 Å². The van der Waals surface area contributed by atoms with Gasteiger partial charge in [-0.2, -0.15) is 0 Å². The van der Waals surface area contributed by atoms with Crippen LogP contribution < -0.4 is 10.6 Å². The quantitative estimate of drug-likeness (QED) is 0.279. The lowest BCUT2D eigenvalue weighted by atomic mass is 9.98. The minimum atomic E-state index is -1.38. The number of hydrogen-bond acceptors (Lipinski definition) is 8. The normalized spacial score (nSPS) is 16.2. The molecule has 2 aromatic carbocycles. The second-order valence-corrected chi connectivity index (χ2v) is 12.2. The number of ketones is 1. The van der Waals surface area contributed by atoms with Gasteiger partial charge >= 0.3 is 12.1 Å². The average Bonchev–Trinajstić information content (AvgIpc) is 3.50. The molecule has 1 fully saturated rings.